The quantitative estimate of drug-likeness (QED) is 0.493. The Morgan fingerprint density at radius 1 is 0.957 bits per heavy atom. The van der Waals surface area contributed by atoms with Crippen LogP contribution >= 0.6 is 0 Å². The Kier molecular flexibility index (Phi) is 6.95. The van der Waals surface area contributed by atoms with Crippen LogP contribution in [0.1, 0.15) is 34.1 Å². The van der Waals surface area contributed by atoms with E-state index in [2.05, 4.69) is 0 Å². The van der Waals surface area contributed by atoms with Crippen LogP contribution in [-0.2, 0) is 42.9 Å². The third-order valence-corrected chi connectivity index (χ3v) is 2.85. The molecule has 9 nitrogen and oxygen atoms in total. The number of carbonyl (C=O) groups excluding carboxylic acids is 4. The number of hydrogen-bond donors (Lipinski definition) is 0. The fraction of sp³-hybridized carbons (Fsp3) is 0.714. The maximum atomic E-state index is 11.2. The molecule has 0 aliphatic carbocycles. The average molecular weight is 332 g/mol. The van der Waals surface area contributed by atoms with Crippen molar-refractivity contribution in [2.24, 2.45) is 0 Å². The molecule has 4 unspecified atom stereocenters. The zero-order valence-corrected chi connectivity index (χ0v) is 13.4. The molecule has 9 heteroatoms. The van der Waals surface area contributed by atoms with Gasteiger partial charge in [0.1, 0.15) is 18.8 Å². The molecule has 0 radical (unpaired) electrons. The van der Waals surface area contributed by atoms with E-state index in [4.69, 9.17) is 23.7 Å². The molecule has 23 heavy (non-hydrogen) atoms. The summed E-state index contributed by atoms with van der Waals surface area (Å²) in [5.41, 5.74) is 0. The summed E-state index contributed by atoms with van der Waals surface area (Å²) in [6, 6.07) is 0. The van der Waals surface area contributed by atoms with Crippen molar-refractivity contribution in [3.8, 4) is 0 Å². The Morgan fingerprint density at radius 3 is 2.04 bits per heavy atom. The summed E-state index contributed by atoms with van der Waals surface area (Å²) in [4.78, 5) is 44.4. The van der Waals surface area contributed by atoms with Crippen molar-refractivity contribution in [1.82, 2.24) is 0 Å². The lowest BCUT2D eigenvalue weighted by Crippen LogP contribution is -2.42. The van der Waals surface area contributed by atoms with Crippen molar-refractivity contribution in [1.29, 1.82) is 0 Å². The van der Waals surface area contributed by atoms with Gasteiger partial charge in [-0.25, -0.2) is 0 Å². The Balaban J connectivity index is 2.87. The SMILES string of the molecule is CC(=O)OCC(OC(C)=O)C1OC(OC(C)=O)CC1OC(C)=O. The predicted molar refractivity (Wildman–Crippen MR) is 72.8 cm³/mol. The first-order valence-electron chi connectivity index (χ1n) is 6.99. The van der Waals surface area contributed by atoms with Gasteiger partial charge in [-0.15, -0.1) is 0 Å². The molecule has 0 aromatic carbocycles. The van der Waals surface area contributed by atoms with E-state index in [-0.39, 0.29) is 13.0 Å². The van der Waals surface area contributed by atoms with Gasteiger partial charge in [0.2, 0.25) is 6.29 Å². The van der Waals surface area contributed by atoms with Gasteiger partial charge in [-0.2, -0.15) is 0 Å². The molecule has 0 bridgehead atoms. The molecule has 0 spiro atoms. The fourth-order valence-electron chi connectivity index (χ4n) is 2.17. The van der Waals surface area contributed by atoms with Gasteiger partial charge in [0.25, 0.3) is 0 Å². The summed E-state index contributed by atoms with van der Waals surface area (Å²) in [7, 11) is 0. The summed E-state index contributed by atoms with van der Waals surface area (Å²) in [5.74, 6) is -2.33. The first-order chi connectivity index (χ1) is 10.7. The Bertz CT molecular complexity index is 473. The van der Waals surface area contributed by atoms with Crippen molar-refractivity contribution in [2.75, 3.05) is 6.61 Å². The second-order valence-electron chi connectivity index (χ2n) is 4.97. The molecule has 0 aromatic rings. The molecule has 1 aliphatic rings. The molecular weight excluding hydrogens is 312 g/mol. The smallest absolute Gasteiger partial charge is 0.304 e. The van der Waals surface area contributed by atoms with Crippen molar-refractivity contribution >= 4 is 23.9 Å². The van der Waals surface area contributed by atoms with Gasteiger partial charge in [-0.1, -0.05) is 0 Å². The van der Waals surface area contributed by atoms with E-state index in [1.807, 2.05) is 0 Å². The van der Waals surface area contributed by atoms with Crippen molar-refractivity contribution in [2.45, 2.75) is 58.7 Å². The zero-order chi connectivity index (χ0) is 17.6. The fourth-order valence-corrected chi connectivity index (χ4v) is 2.17. The van der Waals surface area contributed by atoms with Gasteiger partial charge >= 0.3 is 23.9 Å². The minimum Gasteiger partial charge on any atom is -0.462 e. The van der Waals surface area contributed by atoms with Crippen LogP contribution in [0.5, 0.6) is 0 Å². The van der Waals surface area contributed by atoms with Gasteiger partial charge < -0.3 is 23.7 Å². The van der Waals surface area contributed by atoms with E-state index in [0.29, 0.717) is 0 Å². The van der Waals surface area contributed by atoms with Gasteiger partial charge in [0.15, 0.2) is 6.10 Å². The third-order valence-electron chi connectivity index (χ3n) is 2.85. The summed E-state index contributed by atoms with van der Waals surface area (Å²) >= 11 is 0. The van der Waals surface area contributed by atoms with Crippen LogP contribution in [0.2, 0.25) is 0 Å². The normalized spacial score (nSPS) is 24.4. The topological polar surface area (TPSA) is 114 Å². The van der Waals surface area contributed by atoms with Crippen LogP contribution in [0.15, 0.2) is 0 Å². The average Bonchev–Trinajstić information content (AvgIpc) is 2.74. The van der Waals surface area contributed by atoms with Gasteiger partial charge in [-0.05, 0) is 0 Å². The van der Waals surface area contributed by atoms with Gasteiger partial charge in [-0.3, -0.25) is 19.2 Å². The van der Waals surface area contributed by atoms with E-state index >= 15 is 0 Å². The second-order valence-corrected chi connectivity index (χ2v) is 4.97. The minimum atomic E-state index is -0.999. The molecule has 0 aromatic heterocycles. The van der Waals surface area contributed by atoms with Crippen LogP contribution in [0.4, 0.5) is 0 Å². The zero-order valence-electron chi connectivity index (χ0n) is 13.4. The Hall–Kier alpha value is -2.16. The highest BCUT2D eigenvalue weighted by Gasteiger charge is 2.45. The first kappa shape index (κ1) is 18.9. The summed E-state index contributed by atoms with van der Waals surface area (Å²) in [6.07, 6.45) is -3.59. The molecule has 1 heterocycles. The molecule has 1 aliphatic heterocycles. The molecule has 4 atom stereocenters. The van der Waals surface area contributed by atoms with Gasteiger partial charge in [0.05, 0.1) is 6.42 Å². The van der Waals surface area contributed by atoms with Crippen molar-refractivity contribution in [3.63, 3.8) is 0 Å². The van der Waals surface area contributed by atoms with Crippen LogP contribution in [0, 0.1) is 0 Å². The van der Waals surface area contributed by atoms with E-state index in [9.17, 15) is 19.2 Å². The third kappa shape index (κ3) is 6.64. The number of carbonyl (C=O) groups is 4. The van der Waals surface area contributed by atoms with Crippen LogP contribution in [0.25, 0.3) is 0 Å². The molecule has 1 fully saturated rings. The summed E-state index contributed by atoms with van der Waals surface area (Å²) < 4.78 is 25.5. The molecular formula is C14H20O9. The minimum absolute atomic E-state index is 0.0850. The maximum Gasteiger partial charge on any atom is 0.304 e. The number of rotatable bonds is 6. The lowest BCUT2D eigenvalue weighted by Gasteiger charge is -2.26. The first-order valence-corrected chi connectivity index (χ1v) is 6.99. The van der Waals surface area contributed by atoms with Crippen molar-refractivity contribution < 1.29 is 42.9 Å². The van der Waals surface area contributed by atoms with Crippen LogP contribution in [0.3, 0.4) is 0 Å². The second kappa shape index (κ2) is 8.47. The number of ether oxygens (including phenoxy) is 5. The molecule has 130 valence electrons. The monoisotopic (exact) mass is 332 g/mol. The number of hydrogen-bond acceptors (Lipinski definition) is 9. The highest BCUT2D eigenvalue weighted by molar-refractivity contribution is 5.68. The lowest BCUT2D eigenvalue weighted by molar-refractivity contribution is -0.194. The van der Waals surface area contributed by atoms with E-state index in [0.717, 1.165) is 0 Å². The van der Waals surface area contributed by atoms with Crippen LogP contribution < -0.4 is 0 Å². The Morgan fingerprint density at radius 2 is 1.57 bits per heavy atom. The highest BCUT2D eigenvalue weighted by Crippen LogP contribution is 2.28. The summed E-state index contributed by atoms with van der Waals surface area (Å²) in [6.45, 7) is 4.53. The molecule has 0 N–H and O–H groups in total. The van der Waals surface area contributed by atoms with Crippen molar-refractivity contribution in [3.05, 3.63) is 0 Å². The standard InChI is InChI=1S/C14H20O9/c1-7(15)19-6-12(21-9(3)17)14-11(20-8(2)16)5-13(23-14)22-10(4)18/h11-14H,5-6H2,1-4H3. The largest absolute Gasteiger partial charge is 0.462 e. The Labute approximate surface area is 133 Å². The van der Waals surface area contributed by atoms with Gasteiger partial charge in [0, 0.05) is 27.7 Å². The van der Waals surface area contributed by atoms with E-state index < -0.39 is 48.5 Å². The molecule has 1 rings (SSSR count). The highest BCUT2D eigenvalue weighted by atomic mass is 16.7. The van der Waals surface area contributed by atoms with E-state index in [1.54, 1.807) is 0 Å². The lowest BCUT2D eigenvalue weighted by atomic mass is 10.1. The number of esters is 4. The molecule has 0 amide bonds. The maximum absolute atomic E-state index is 11.2. The van der Waals surface area contributed by atoms with E-state index in [1.165, 1.54) is 27.7 Å². The molecule has 0 saturated carbocycles. The molecule has 1 saturated heterocycles. The van der Waals surface area contributed by atoms with Crippen LogP contribution in [-0.4, -0.2) is 55.1 Å². The summed E-state index contributed by atoms with van der Waals surface area (Å²) in [5, 5.41) is 0. The predicted octanol–water partition coefficient (Wildman–Crippen LogP) is 0.0910.